The highest BCUT2D eigenvalue weighted by Crippen LogP contribution is 2.23. The summed E-state index contributed by atoms with van der Waals surface area (Å²) in [5.74, 6) is -0.709. The minimum atomic E-state index is -1.67. The second-order valence-corrected chi connectivity index (χ2v) is 21.0. The Labute approximate surface area is 435 Å². The Bertz CT molecular complexity index is 1250. The Morgan fingerprint density at radius 1 is 0.479 bits per heavy atom. The van der Waals surface area contributed by atoms with Gasteiger partial charge in [0.2, 0.25) is 5.91 Å². The van der Waals surface area contributed by atoms with Gasteiger partial charge < -0.3 is 50.5 Å². The number of allylic oxidation sites excluding steroid dienone is 6. The summed E-state index contributed by atoms with van der Waals surface area (Å²) in [6, 6.07) is -1.19. The molecule has 1 rings (SSSR count). The SMILES string of the molecule is CCCCCCCCCC/C=C/CC/C=C/CCCC(O)C(O)C(COC1OC(CO)C(O)C(O)C1O)NC(=O)C(O)CCCCCCCCCCCCC/C=C\CCCCCCCCCCCCCC. The van der Waals surface area contributed by atoms with Crippen LogP contribution in [0.3, 0.4) is 0 Å². The zero-order valence-electron chi connectivity index (χ0n) is 45.7. The molecule has 0 aliphatic carbocycles. The lowest BCUT2D eigenvalue weighted by Gasteiger charge is -2.40. The van der Waals surface area contributed by atoms with Crippen LogP contribution in [0.1, 0.15) is 271 Å². The minimum Gasteiger partial charge on any atom is -0.394 e. The largest absolute Gasteiger partial charge is 0.394 e. The molecule has 8 N–H and O–H groups in total. The second-order valence-electron chi connectivity index (χ2n) is 21.0. The molecule has 0 spiro atoms. The van der Waals surface area contributed by atoms with Gasteiger partial charge in [-0.1, -0.05) is 230 Å². The van der Waals surface area contributed by atoms with Gasteiger partial charge in [-0.3, -0.25) is 4.79 Å². The van der Waals surface area contributed by atoms with Crippen molar-refractivity contribution in [2.75, 3.05) is 13.2 Å². The molecule has 1 fully saturated rings. The summed E-state index contributed by atoms with van der Waals surface area (Å²) in [6.07, 6.45) is 49.2. The van der Waals surface area contributed by atoms with Crippen molar-refractivity contribution < 1.29 is 50.0 Å². The molecule has 1 amide bonds. The number of aliphatic hydroxyl groups excluding tert-OH is 7. The van der Waals surface area contributed by atoms with Crippen LogP contribution in [-0.4, -0.2) is 110 Å². The highest BCUT2D eigenvalue weighted by Gasteiger charge is 2.44. The lowest BCUT2D eigenvalue weighted by atomic mass is 9.98. The second kappa shape index (κ2) is 49.2. The first-order chi connectivity index (χ1) is 34.7. The number of ether oxygens (including phenoxy) is 2. The van der Waals surface area contributed by atoms with E-state index in [1.807, 2.05) is 0 Å². The zero-order valence-corrected chi connectivity index (χ0v) is 45.7. The van der Waals surface area contributed by atoms with Crippen LogP contribution in [0.15, 0.2) is 36.5 Å². The number of unbranched alkanes of at least 4 members (excludes halogenated alkanes) is 33. The normalized spacial score (nSPS) is 20.4. The van der Waals surface area contributed by atoms with Gasteiger partial charge in [-0.15, -0.1) is 0 Å². The van der Waals surface area contributed by atoms with Crippen LogP contribution in [0.2, 0.25) is 0 Å². The molecule has 9 atom stereocenters. The molecular weight excluding hydrogens is 895 g/mol. The summed E-state index contributed by atoms with van der Waals surface area (Å²) in [5.41, 5.74) is 0. The first kappa shape index (κ1) is 67.3. The molecule has 1 aliphatic rings. The third kappa shape index (κ3) is 37.7. The minimum absolute atomic E-state index is 0.246. The van der Waals surface area contributed by atoms with Gasteiger partial charge in [0.15, 0.2) is 6.29 Å². The summed E-state index contributed by atoms with van der Waals surface area (Å²) in [4.78, 5) is 13.2. The fourth-order valence-electron chi connectivity index (χ4n) is 9.51. The third-order valence-corrected chi connectivity index (χ3v) is 14.4. The van der Waals surface area contributed by atoms with Crippen LogP contribution in [-0.2, 0) is 14.3 Å². The molecular formula is C60H113NO10. The van der Waals surface area contributed by atoms with Crippen molar-refractivity contribution in [3.05, 3.63) is 36.5 Å². The number of nitrogens with one attached hydrogen (secondary N) is 1. The van der Waals surface area contributed by atoms with E-state index >= 15 is 0 Å². The maximum absolute atomic E-state index is 13.2. The standard InChI is InChI=1S/C60H113NO10/c1-3-5-7-9-11-13-15-17-19-21-22-23-24-25-26-27-28-29-30-32-34-36-38-40-42-44-46-48-53(64)59(69)61-51(50-70-60-58(68)57(67)56(66)54(49-62)71-60)55(65)52(63)47-45-43-41-39-37-35-33-31-20-18-16-14-12-10-8-6-4-2/h25-26,31,33,39,41,51-58,60,62-68H,3-24,27-30,32,34-38,40,42-50H2,1-2H3,(H,61,69)/b26-25-,33-31+,41-39+. The number of carbonyl (C=O) groups excluding carboxylic acids is 1. The maximum atomic E-state index is 13.2. The fraction of sp³-hybridized carbons (Fsp3) is 0.883. The molecule has 0 aromatic rings. The van der Waals surface area contributed by atoms with E-state index in [-0.39, 0.29) is 12.8 Å². The Kier molecular flexibility index (Phi) is 46.7. The van der Waals surface area contributed by atoms with Gasteiger partial charge in [0.25, 0.3) is 0 Å². The summed E-state index contributed by atoms with van der Waals surface area (Å²) < 4.78 is 11.1. The van der Waals surface area contributed by atoms with Crippen LogP contribution >= 0.6 is 0 Å². The van der Waals surface area contributed by atoms with E-state index < -0.39 is 74.2 Å². The average molecular weight is 1010 g/mol. The quantitative estimate of drug-likeness (QED) is 0.0215. The van der Waals surface area contributed by atoms with Crippen LogP contribution in [0.5, 0.6) is 0 Å². The van der Waals surface area contributed by atoms with Crippen LogP contribution in [0.4, 0.5) is 0 Å². The first-order valence-corrected chi connectivity index (χ1v) is 29.9. The third-order valence-electron chi connectivity index (χ3n) is 14.4. The molecule has 0 radical (unpaired) electrons. The summed E-state index contributed by atoms with van der Waals surface area (Å²) in [5, 5.41) is 76.1. The van der Waals surface area contributed by atoms with Gasteiger partial charge in [0.05, 0.1) is 25.4 Å². The van der Waals surface area contributed by atoms with E-state index in [9.17, 15) is 40.5 Å². The number of hydrogen-bond donors (Lipinski definition) is 8. The van der Waals surface area contributed by atoms with Gasteiger partial charge in [-0.2, -0.15) is 0 Å². The van der Waals surface area contributed by atoms with Crippen LogP contribution in [0.25, 0.3) is 0 Å². The molecule has 0 aromatic carbocycles. The number of carbonyl (C=O) groups is 1. The predicted molar refractivity (Wildman–Crippen MR) is 293 cm³/mol. The van der Waals surface area contributed by atoms with E-state index in [0.717, 1.165) is 38.5 Å². The topological polar surface area (TPSA) is 189 Å². The molecule has 9 unspecified atom stereocenters. The molecule has 418 valence electrons. The zero-order chi connectivity index (χ0) is 51.8. The van der Waals surface area contributed by atoms with Crippen molar-refractivity contribution in [3.8, 4) is 0 Å². The number of rotatable bonds is 51. The van der Waals surface area contributed by atoms with E-state index in [4.69, 9.17) is 9.47 Å². The molecule has 0 saturated carbocycles. The number of aliphatic hydroxyl groups is 7. The molecule has 1 aliphatic heterocycles. The Morgan fingerprint density at radius 3 is 1.25 bits per heavy atom. The molecule has 11 heteroatoms. The Hall–Kier alpha value is -1.67. The van der Waals surface area contributed by atoms with Crippen molar-refractivity contribution in [1.29, 1.82) is 0 Å². The number of hydrogen-bond acceptors (Lipinski definition) is 10. The average Bonchev–Trinajstić information content (AvgIpc) is 3.37. The summed E-state index contributed by atoms with van der Waals surface area (Å²) in [6.45, 7) is 3.45. The molecule has 71 heavy (non-hydrogen) atoms. The molecule has 11 nitrogen and oxygen atoms in total. The fourth-order valence-corrected chi connectivity index (χ4v) is 9.51. The van der Waals surface area contributed by atoms with E-state index in [0.29, 0.717) is 19.3 Å². The van der Waals surface area contributed by atoms with Crippen LogP contribution < -0.4 is 5.32 Å². The smallest absolute Gasteiger partial charge is 0.249 e. The van der Waals surface area contributed by atoms with Crippen molar-refractivity contribution in [2.24, 2.45) is 0 Å². The van der Waals surface area contributed by atoms with Crippen molar-refractivity contribution >= 4 is 5.91 Å². The first-order valence-electron chi connectivity index (χ1n) is 29.9. The Morgan fingerprint density at radius 2 is 0.845 bits per heavy atom. The lowest BCUT2D eigenvalue weighted by Crippen LogP contribution is -2.60. The molecule has 0 aromatic heterocycles. The van der Waals surface area contributed by atoms with E-state index in [1.54, 1.807) is 0 Å². The van der Waals surface area contributed by atoms with Gasteiger partial charge in [-0.05, 0) is 77.0 Å². The van der Waals surface area contributed by atoms with Gasteiger partial charge in [-0.25, -0.2) is 0 Å². The number of amides is 1. The van der Waals surface area contributed by atoms with E-state index in [2.05, 4.69) is 55.6 Å². The highest BCUT2D eigenvalue weighted by molar-refractivity contribution is 5.80. The molecule has 1 heterocycles. The summed E-state index contributed by atoms with van der Waals surface area (Å²) in [7, 11) is 0. The molecule has 0 bridgehead atoms. The van der Waals surface area contributed by atoms with Crippen molar-refractivity contribution in [1.82, 2.24) is 5.32 Å². The van der Waals surface area contributed by atoms with Crippen LogP contribution in [0, 0.1) is 0 Å². The monoisotopic (exact) mass is 1010 g/mol. The van der Waals surface area contributed by atoms with Crippen molar-refractivity contribution in [2.45, 2.75) is 326 Å². The predicted octanol–water partition coefficient (Wildman–Crippen LogP) is 12.7. The van der Waals surface area contributed by atoms with Gasteiger partial charge >= 0.3 is 0 Å². The molecule has 1 saturated heterocycles. The van der Waals surface area contributed by atoms with E-state index in [1.165, 1.54) is 186 Å². The summed E-state index contributed by atoms with van der Waals surface area (Å²) >= 11 is 0. The van der Waals surface area contributed by atoms with Gasteiger partial charge in [0, 0.05) is 0 Å². The highest BCUT2D eigenvalue weighted by atomic mass is 16.7. The van der Waals surface area contributed by atoms with Crippen molar-refractivity contribution in [3.63, 3.8) is 0 Å². The lowest BCUT2D eigenvalue weighted by molar-refractivity contribution is -0.303. The maximum Gasteiger partial charge on any atom is 0.249 e. The Balaban J connectivity index is 2.29. The van der Waals surface area contributed by atoms with Gasteiger partial charge in [0.1, 0.15) is 36.6 Å².